The fourth-order valence-corrected chi connectivity index (χ4v) is 2.54. The molecule has 134 valence electrons. The van der Waals surface area contributed by atoms with Gasteiger partial charge >= 0.3 is 5.97 Å². The molecule has 0 aliphatic carbocycles. The monoisotopic (exact) mass is 366 g/mol. The van der Waals surface area contributed by atoms with Crippen LogP contribution in [0.5, 0.6) is 23.0 Å². The number of hydrogen-bond donors (Lipinski definition) is 0. The van der Waals surface area contributed by atoms with Gasteiger partial charge in [0.25, 0.3) is 0 Å². The lowest BCUT2D eigenvalue weighted by Crippen LogP contribution is -2.09. The van der Waals surface area contributed by atoms with Gasteiger partial charge in [-0.1, -0.05) is 11.6 Å². The highest BCUT2D eigenvalue weighted by atomic mass is 35.5. The quantitative estimate of drug-likeness (QED) is 0.696. The number of halogens is 1. The summed E-state index contributed by atoms with van der Waals surface area (Å²) in [6.45, 7) is 0.0000651. The summed E-state index contributed by atoms with van der Waals surface area (Å²) in [7, 11) is 5.94. The molecule has 0 unspecified atom stereocenters. The number of hydrogen-bond acceptors (Lipinski definition) is 6. The maximum absolute atomic E-state index is 12.5. The Hall–Kier alpha value is -2.60. The van der Waals surface area contributed by atoms with Crippen molar-refractivity contribution in [2.75, 3.05) is 28.4 Å². The van der Waals surface area contributed by atoms with Crippen LogP contribution >= 0.6 is 11.6 Å². The first-order chi connectivity index (χ1) is 12.0. The largest absolute Gasteiger partial charge is 0.496 e. The number of esters is 1. The summed E-state index contributed by atoms with van der Waals surface area (Å²) >= 11 is 5.98. The molecule has 25 heavy (non-hydrogen) atoms. The lowest BCUT2D eigenvalue weighted by atomic mass is 10.1. The molecule has 6 nitrogen and oxygen atoms in total. The van der Waals surface area contributed by atoms with Gasteiger partial charge in [-0.3, -0.25) is 0 Å². The van der Waals surface area contributed by atoms with Gasteiger partial charge in [-0.05, 0) is 30.3 Å². The summed E-state index contributed by atoms with van der Waals surface area (Å²) in [5.74, 6) is 1.02. The highest BCUT2D eigenvalue weighted by molar-refractivity contribution is 6.30. The maximum atomic E-state index is 12.5. The van der Waals surface area contributed by atoms with E-state index >= 15 is 0 Å². The maximum Gasteiger partial charge on any atom is 0.342 e. The Bertz CT molecular complexity index is 759. The minimum atomic E-state index is -0.570. The molecule has 0 saturated carbocycles. The number of benzene rings is 2. The van der Waals surface area contributed by atoms with Crippen molar-refractivity contribution in [3.05, 3.63) is 46.5 Å². The minimum absolute atomic E-state index is 0.0000651. The van der Waals surface area contributed by atoms with Crippen LogP contribution in [-0.2, 0) is 11.3 Å². The van der Waals surface area contributed by atoms with Gasteiger partial charge in [-0.2, -0.15) is 0 Å². The van der Waals surface area contributed by atoms with Crippen LogP contribution in [0.1, 0.15) is 15.9 Å². The van der Waals surface area contributed by atoms with Crippen LogP contribution in [0.25, 0.3) is 0 Å². The highest BCUT2D eigenvalue weighted by Gasteiger charge is 2.22. The van der Waals surface area contributed by atoms with Crippen LogP contribution < -0.4 is 18.9 Å². The molecular formula is C18H19ClO6. The predicted molar refractivity (Wildman–Crippen MR) is 93.2 cm³/mol. The number of carbonyl (C=O) groups excluding carboxylic acids is 1. The first kappa shape index (κ1) is 18.7. The second-order valence-electron chi connectivity index (χ2n) is 4.91. The Morgan fingerprint density at radius 2 is 1.52 bits per heavy atom. The van der Waals surface area contributed by atoms with Crippen molar-refractivity contribution < 1.29 is 28.5 Å². The van der Waals surface area contributed by atoms with E-state index in [1.807, 2.05) is 0 Å². The second kappa shape index (κ2) is 8.48. The third-order valence-corrected chi connectivity index (χ3v) is 3.76. The number of carbonyl (C=O) groups is 1. The van der Waals surface area contributed by atoms with E-state index in [-0.39, 0.29) is 17.9 Å². The lowest BCUT2D eigenvalue weighted by molar-refractivity contribution is 0.0465. The number of rotatable bonds is 7. The summed E-state index contributed by atoms with van der Waals surface area (Å²) in [6.07, 6.45) is 0. The van der Waals surface area contributed by atoms with Crippen LogP contribution in [0, 0.1) is 0 Å². The fourth-order valence-electron chi connectivity index (χ4n) is 2.34. The molecule has 0 N–H and O–H groups in total. The van der Waals surface area contributed by atoms with E-state index < -0.39 is 5.97 Å². The number of methoxy groups -OCH3 is 4. The molecule has 0 spiro atoms. The fraction of sp³-hybridized carbons (Fsp3) is 0.278. The van der Waals surface area contributed by atoms with Crippen LogP contribution in [0.2, 0.25) is 5.02 Å². The zero-order valence-corrected chi connectivity index (χ0v) is 15.2. The molecule has 0 bridgehead atoms. The van der Waals surface area contributed by atoms with Crippen molar-refractivity contribution in [3.8, 4) is 23.0 Å². The van der Waals surface area contributed by atoms with E-state index in [0.717, 1.165) is 0 Å². The molecule has 0 aliphatic rings. The summed E-state index contributed by atoms with van der Waals surface area (Å²) in [4.78, 5) is 12.5. The van der Waals surface area contributed by atoms with E-state index in [2.05, 4.69) is 0 Å². The third-order valence-electron chi connectivity index (χ3n) is 3.53. The van der Waals surface area contributed by atoms with Gasteiger partial charge in [0.15, 0.2) is 11.5 Å². The van der Waals surface area contributed by atoms with Crippen molar-refractivity contribution in [3.63, 3.8) is 0 Å². The Kier molecular flexibility index (Phi) is 6.36. The zero-order chi connectivity index (χ0) is 18.4. The first-order valence-corrected chi connectivity index (χ1v) is 7.72. The SMILES string of the molecule is COc1ccc(Cl)cc1COC(=O)c1ccc(OC)c(OC)c1OC. The minimum Gasteiger partial charge on any atom is -0.496 e. The van der Waals surface area contributed by atoms with Gasteiger partial charge in [0.05, 0.1) is 28.4 Å². The van der Waals surface area contributed by atoms with Gasteiger partial charge in [0.1, 0.15) is 17.9 Å². The smallest absolute Gasteiger partial charge is 0.342 e. The van der Waals surface area contributed by atoms with E-state index in [1.165, 1.54) is 28.4 Å². The lowest BCUT2D eigenvalue weighted by Gasteiger charge is -2.15. The molecule has 0 heterocycles. The highest BCUT2D eigenvalue weighted by Crippen LogP contribution is 2.40. The predicted octanol–water partition coefficient (Wildman–Crippen LogP) is 3.73. The van der Waals surface area contributed by atoms with Crippen LogP contribution in [0.15, 0.2) is 30.3 Å². The second-order valence-corrected chi connectivity index (χ2v) is 5.35. The van der Waals surface area contributed by atoms with Gasteiger partial charge in [-0.25, -0.2) is 4.79 Å². The van der Waals surface area contributed by atoms with E-state index in [4.69, 9.17) is 35.3 Å². The van der Waals surface area contributed by atoms with Crippen LogP contribution in [-0.4, -0.2) is 34.4 Å². The number of ether oxygens (including phenoxy) is 5. The molecule has 7 heteroatoms. The summed E-state index contributed by atoms with van der Waals surface area (Å²) in [5.41, 5.74) is 0.879. The average Bonchev–Trinajstić information content (AvgIpc) is 2.64. The topological polar surface area (TPSA) is 63.2 Å². The average molecular weight is 367 g/mol. The molecule has 0 aliphatic heterocycles. The van der Waals surface area contributed by atoms with Crippen molar-refractivity contribution >= 4 is 17.6 Å². The van der Waals surface area contributed by atoms with Gasteiger partial charge in [0, 0.05) is 10.6 Å². The molecule has 0 atom stereocenters. The summed E-state index contributed by atoms with van der Waals surface area (Å²) < 4.78 is 26.4. The Morgan fingerprint density at radius 3 is 2.12 bits per heavy atom. The third kappa shape index (κ3) is 4.09. The van der Waals surface area contributed by atoms with Gasteiger partial charge in [-0.15, -0.1) is 0 Å². The van der Waals surface area contributed by atoms with Gasteiger partial charge in [0.2, 0.25) is 5.75 Å². The van der Waals surface area contributed by atoms with E-state index in [9.17, 15) is 4.79 Å². The molecule has 0 aromatic heterocycles. The Labute approximate surface area is 151 Å². The standard InChI is InChI=1S/C18H19ClO6/c1-21-14-7-5-12(19)9-11(14)10-25-18(20)13-6-8-15(22-2)17(24-4)16(13)23-3/h5-9H,10H2,1-4H3. The zero-order valence-electron chi connectivity index (χ0n) is 14.4. The molecule has 0 amide bonds. The molecular weight excluding hydrogens is 348 g/mol. The van der Waals surface area contributed by atoms with Crippen molar-refractivity contribution in [2.45, 2.75) is 6.61 Å². The molecule has 2 aromatic carbocycles. The Morgan fingerprint density at radius 1 is 0.880 bits per heavy atom. The van der Waals surface area contributed by atoms with Crippen LogP contribution in [0.3, 0.4) is 0 Å². The molecule has 2 rings (SSSR count). The van der Waals surface area contributed by atoms with E-state index in [0.29, 0.717) is 27.8 Å². The van der Waals surface area contributed by atoms with E-state index in [1.54, 1.807) is 30.3 Å². The van der Waals surface area contributed by atoms with Gasteiger partial charge < -0.3 is 23.7 Å². The normalized spacial score (nSPS) is 10.1. The van der Waals surface area contributed by atoms with Crippen molar-refractivity contribution in [1.82, 2.24) is 0 Å². The van der Waals surface area contributed by atoms with Crippen molar-refractivity contribution in [2.24, 2.45) is 0 Å². The first-order valence-electron chi connectivity index (χ1n) is 7.34. The summed E-state index contributed by atoms with van der Waals surface area (Å²) in [6, 6.07) is 8.25. The molecule has 0 saturated heterocycles. The van der Waals surface area contributed by atoms with Crippen molar-refractivity contribution in [1.29, 1.82) is 0 Å². The Balaban J connectivity index is 2.26. The molecule has 0 radical (unpaired) electrons. The molecule has 0 fully saturated rings. The summed E-state index contributed by atoms with van der Waals surface area (Å²) in [5, 5.41) is 0.524. The molecule has 2 aromatic rings. The van der Waals surface area contributed by atoms with Crippen LogP contribution in [0.4, 0.5) is 0 Å².